The average molecular weight is 630 g/mol. The molecular weight excluding hydrogens is 574 g/mol. The third-order valence-electron chi connectivity index (χ3n) is 6.78. The molecule has 0 bridgehead atoms. The van der Waals surface area contributed by atoms with E-state index >= 15 is 0 Å². The van der Waals surface area contributed by atoms with Gasteiger partial charge in [-0.05, 0) is 56.9 Å². The van der Waals surface area contributed by atoms with Crippen LogP contribution in [0.4, 0.5) is 0 Å². The second-order valence-electron chi connectivity index (χ2n) is 12.3. The zero-order valence-electron chi connectivity index (χ0n) is 27.1. The predicted octanol–water partition coefficient (Wildman–Crippen LogP) is -1.29. The van der Waals surface area contributed by atoms with Crippen LogP contribution in [0.15, 0.2) is 0 Å². The Balaban J connectivity index is 5.68. The van der Waals surface area contributed by atoms with Crippen molar-refractivity contribution in [2.75, 3.05) is 13.2 Å². The SMILES string of the molecule is CC(C)C[C@H](NC(=O)[C@@H](NC(=O)[C@H](CC(C)C)NC(=O)[C@@H](N)CCCCN)C(C)C)C(=O)N[C@@H](C)C(=O)N[C@@H](CO)C(=O)O. The standard InChI is InChI=1S/C29H55N7O8/c1-15(2)12-20(26(40)32-18(7)24(38)35-22(14-37)29(43)44)34-28(42)23(17(5)6)36-27(41)21(13-16(3)4)33-25(39)19(31)10-8-9-11-30/h15-23,37H,8-14,30-31H2,1-7H3,(H,32,40)(H,33,39)(H,34,42)(H,35,38)(H,36,41)(H,43,44)/t18-,19-,20-,21-,22-,23-/m0/s1. The molecule has 254 valence electrons. The van der Waals surface area contributed by atoms with E-state index in [0.29, 0.717) is 25.8 Å². The summed E-state index contributed by atoms with van der Waals surface area (Å²) in [6, 6.07) is -6.62. The molecule has 6 atom stereocenters. The van der Waals surface area contributed by atoms with Crippen molar-refractivity contribution >= 4 is 35.5 Å². The molecule has 0 saturated carbocycles. The lowest BCUT2D eigenvalue weighted by molar-refractivity contribution is -0.143. The molecule has 11 N–H and O–H groups in total. The Morgan fingerprint density at radius 3 is 1.55 bits per heavy atom. The summed E-state index contributed by atoms with van der Waals surface area (Å²) in [5, 5.41) is 30.9. The number of rotatable bonds is 21. The van der Waals surface area contributed by atoms with Gasteiger partial charge < -0.3 is 48.3 Å². The minimum absolute atomic E-state index is 0.0345. The Bertz CT molecular complexity index is 960. The second kappa shape index (κ2) is 20.6. The van der Waals surface area contributed by atoms with Gasteiger partial charge in [-0.15, -0.1) is 0 Å². The Labute approximate surface area is 260 Å². The predicted molar refractivity (Wildman–Crippen MR) is 165 cm³/mol. The smallest absolute Gasteiger partial charge is 0.328 e. The van der Waals surface area contributed by atoms with Crippen molar-refractivity contribution in [2.24, 2.45) is 29.2 Å². The van der Waals surface area contributed by atoms with E-state index < -0.39 is 84.3 Å². The summed E-state index contributed by atoms with van der Waals surface area (Å²) in [7, 11) is 0. The van der Waals surface area contributed by atoms with E-state index in [1.807, 2.05) is 27.7 Å². The summed E-state index contributed by atoms with van der Waals surface area (Å²) in [6.07, 6.45) is 2.31. The number of carboxylic acids is 1. The van der Waals surface area contributed by atoms with Gasteiger partial charge in [0.2, 0.25) is 29.5 Å². The minimum Gasteiger partial charge on any atom is -0.480 e. The molecule has 0 aromatic heterocycles. The van der Waals surface area contributed by atoms with Crippen LogP contribution >= 0.6 is 0 Å². The number of carboxylic acid groups (broad SMARTS) is 1. The van der Waals surface area contributed by atoms with Crippen molar-refractivity contribution in [1.82, 2.24) is 26.6 Å². The fraction of sp³-hybridized carbons (Fsp3) is 0.793. The molecule has 0 spiro atoms. The van der Waals surface area contributed by atoms with Crippen molar-refractivity contribution in [3.63, 3.8) is 0 Å². The lowest BCUT2D eigenvalue weighted by Gasteiger charge is -2.29. The number of aliphatic hydroxyl groups excluding tert-OH is 1. The van der Waals surface area contributed by atoms with Crippen LogP contribution in [-0.4, -0.2) is 95.1 Å². The number of aliphatic hydroxyl groups is 1. The molecule has 15 heteroatoms. The van der Waals surface area contributed by atoms with Crippen molar-refractivity contribution in [2.45, 2.75) is 117 Å². The van der Waals surface area contributed by atoms with Gasteiger partial charge in [-0.3, -0.25) is 24.0 Å². The molecular formula is C29H55N7O8. The molecule has 0 heterocycles. The molecule has 0 rings (SSSR count). The number of aliphatic carboxylic acids is 1. The largest absolute Gasteiger partial charge is 0.480 e. The lowest BCUT2D eigenvalue weighted by atomic mass is 9.98. The molecule has 0 aromatic carbocycles. The van der Waals surface area contributed by atoms with Crippen molar-refractivity contribution in [3.8, 4) is 0 Å². The monoisotopic (exact) mass is 629 g/mol. The van der Waals surface area contributed by atoms with Crippen LogP contribution in [0.2, 0.25) is 0 Å². The first-order chi connectivity index (χ1) is 20.4. The first kappa shape index (κ1) is 40.7. The van der Waals surface area contributed by atoms with Crippen LogP contribution in [0.25, 0.3) is 0 Å². The Morgan fingerprint density at radius 2 is 1.11 bits per heavy atom. The number of unbranched alkanes of at least 4 members (excludes halogenated alkanes) is 1. The van der Waals surface area contributed by atoms with Crippen LogP contribution in [-0.2, 0) is 28.8 Å². The topological polar surface area (TPSA) is 255 Å². The molecule has 0 saturated heterocycles. The van der Waals surface area contributed by atoms with Crippen LogP contribution < -0.4 is 38.1 Å². The molecule has 0 radical (unpaired) electrons. The van der Waals surface area contributed by atoms with Gasteiger partial charge >= 0.3 is 5.97 Å². The summed E-state index contributed by atoms with van der Waals surface area (Å²) >= 11 is 0. The second-order valence-corrected chi connectivity index (χ2v) is 12.3. The lowest BCUT2D eigenvalue weighted by Crippen LogP contribution is -2.60. The number of amides is 5. The Morgan fingerprint density at radius 1 is 0.636 bits per heavy atom. The third kappa shape index (κ3) is 15.4. The third-order valence-corrected chi connectivity index (χ3v) is 6.78. The van der Waals surface area contributed by atoms with E-state index in [1.165, 1.54) is 6.92 Å². The van der Waals surface area contributed by atoms with Gasteiger partial charge in [0.25, 0.3) is 0 Å². The first-order valence-corrected chi connectivity index (χ1v) is 15.3. The highest BCUT2D eigenvalue weighted by Gasteiger charge is 2.33. The Hall–Kier alpha value is -3.30. The van der Waals surface area contributed by atoms with E-state index in [-0.39, 0.29) is 18.3 Å². The molecule has 5 amide bonds. The average Bonchev–Trinajstić information content (AvgIpc) is 2.92. The van der Waals surface area contributed by atoms with E-state index in [2.05, 4.69) is 26.6 Å². The van der Waals surface area contributed by atoms with Gasteiger partial charge in [-0.2, -0.15) is 0 Å². The number of carbonyl (C=O) groups excluding carboxylic acids is 5. The van der Waals surface area contributed by atoms with Crippen LogP contribution in [0.1, 0.15) is 80.6 Å². The summed E-state index contributed by atoms with van der Waals surface area (Å²) in [5.74, 6) is -5.05. The maximum absolute atomic E-state index is 13.4. The normalized spacial score (nSPS) is 15.5. The fourth-order valence-corrected chi connectivity index (χ4v) is 4.24. The molecule has 0 aliphatic heterocycles. The Kier molecular flexibility index (Phi) is 19.1. The highest BCUT2D eigenvalue weighted by atomic mass is 16.4. The number of hydrogen-bond donors (Lipinski definition) is 9. The van der Waals surface area contributed by atoms with E-state index in [1.54, 1.807) is 13.8 Å². The zero-order chi connectivity index (χ0) is 34.1. The van der Waals surface area contributed by atoms with Crippen LogP contribution in [0.5, 0.6) is 0 Å². The number of hydrogen-bond acceptors (Lipinski definition) is 9. The van der Waals surface area contributed by atoms with Crippen molar-refractivity contribution < 1.29 is 39.0 Å². The number of nitrogens with two attached hydrogens (primary N) is 2. The zero-order valence-corrected chi connectivity index (χ0v) is 27.1. The van der Waals surface area contributed by atoms with Gasteiger partial charge in [0.1, 0.15) is 30.2 Å². The number of nitrogens with one attached hydrogen (secondary N) is 5. The van der Waals surface area contributed by atoms with Gasteiger partial charge in [-0.1, -0.05) is 48.0 Å². The van der Waals surface area contributed by atoms with E-state index in [0.717, 1.165) is 6.42 Å². The quantitative estimate of drug-likeness (QED) is 0.0679. The summed E-state index contributed by atoms with van der Waals surface area (Å²) in [5.41, 5.74) is 11.5. The van der Waals surface area contributed by atoms with E-state index in [4.69, 9.17) is 21.7 Å². The first-order valence-electron chi connectivity index (χ1n) is 15.3. The summed E-state index contributed by atoms with van der Waals surface area (Å²) in [6.45, 7) is 11.9. The van der Waals surface area contributed by atoms with Gasteiger partial charge in [-0.25, -0.2) is 4.79 Å². The molecule has 0 aromatic rings. The molecule has 0 unspecified atom stereocenters. The van der Waals surface area contributed by atoms with Gasteiger partial charge in [0.15, 0.2) is 0 Å². The minimum atomic E-state index is -1.54. The molecule has 15 nitrogen and oxygen atoms in total. The highest BCUT2D eigenvalue weighted by molar-refractivity contribution is 5.96. The maximum Gasteiger partial charge on any atom is 0.328 e. The number of carbonyl (C=O) groups is 6. The molecule has 0 fully saturated rings. The highest BCUT2D eigenvalue weighted by Crippen LogP contribution is 2.11. The maximum atomic E-state index is 13.4. The van der Waals surface area contributed by atoms with Crippen LogP contribution in [0, 0.1) is 17.8 Å². The van der Waals surface area contributed by atoms with Gasteiger partial charge in [0.05, 0.1) is 12.6 Å². The summed E-state index contributed by atoms with van der Waals surface area (Å²) < 4.78 is 0. The fourth-order valence-electron chi connectivity index (χ4n) is 4.24. The summed E-state index contributed by atoms with van der Waals surface area (Å²) in [4.78, 5) is 76.1. The molecule has 44 heavy (non-hydrogen) atoms. The molecule has 0 aliphatic carbocycles. The van der Waals surface area contributed by atoms with E-state index in [9.17, 15) is 28.8 Å². The molecule has 0 aliphatic rings. The van der Waals surface area contributed by atoms with Crippen molar-refractivity contribution in [1.29, 1.82) is 0 Å². The van der Waals surface area contributed by atoms with Crippen LogP contribution in [0.3, 0.4) is 0 Å². The van der Waals surface area contributed by atoms with Gasteiger partial charge in [0, 0.05) is 0 Å². The van der Waals surface area contributed by atoms with Crippen molar-refractivity contribution in [3.05, 3.63) is 0 Å².